The summed E-state index contributed by atoms with van der Waals surface area (Å²) >= 11 is 0. The van der Waals surface area contributed by atoms with E-state index in [0.29, 0.717) is 69.4 Å². The summed E-state index contributed by atoms with van der Waals surface area (Å²) in [6.07, 6.45) is -2.88. The van der Waals surface area contributed by atoms with E-state index in [-0.39, 0.29) is 23.8 Å². The van der Waals surface area contributed by atoms with E-state index < -0.39 is 18.3 Å². The van der Waals surface area contributed by atoms with E-state index in [0.717, 1.165) is 0 Å². The summed E-state index contributed by atoms with van der Waals surface area (Å²) in [4.78, 5) is 32.6. The molecule has 210 valence electrons. The summed E-state index contributed by atoms with van der Waals surface area (Å²) < 4.78 is 40.9. The van der Waals surface area contributed by atoms with Crippen molar-refractivity contribution in [3.05, 3.63) is 36.2 Å². The monoisotopic (exact) mass is 544 g/mol. The van der Waals surface area contributed by atoms with Gasteiger partial charge >= 0.3 is 0 Å². The summed E-state index contributed by atoms with van der Waals surface area (Å²) in [7, 11) is 3.93. The molecule has 1 N–H and O–H groups in total. The number of amides is 1. The molecule has 0 saturated carbocycles. The van der Waals surface area contributed by atoms with Gasteiger partial charge in [0.05, 0.1) is 37.0 Å². The largest absolute Gasteiger partial charge is 0.378 e. The summed E-state index contributed by atoms with van der Waals surface area (Å²) in [5.74, 6) is 0.463. The van der Waals surface area contributed by atoms with Crippen molar-refractivity contribution in [3.8, 4) is 5.82 Å². The number of nitrogens with zero attached hydrogens (tertiary/aromatic N) is 7. The second kappa shape index (κ2) is 11.8. The molecule has 2 aromatic heterocycles. The first-order valence-corrected chi connectivity index (χ1v) is 13.1. The molecule has 0 bridgehead atoms. The number of hydrogen-bond donors (Lipinski definition) is 1. The number of fused-ring (bicyclic) bond motifs is 1. The maximum Gasteiger partial charge on any atom is 0.296 e. The van der Waals surface area contributed by atoms with Crippen LogP contribution in [0, 0.1) is 0 Å². The number of nitrogens with one attached hydrogen (secondary N) is 1. The number of ether oxygens (including phenoxy) is 2. The molecule has 1 aromatic carbocycles. The van der Waals surface area contributed by atoms with Gasteiger partial charge in [-0.1, -0.05) is 12.1 Å². The van der Waals surface area contributed by atoms with E-state index in [1.165, 1.54) is 4.57 Å². The molecule has 0 spiro atoms. The maximum absolute atomic E-state index is 14.1. The third-order valence-corrected chi connectivity index (χ3v) is 6.78. The third-order valence-electron chi connectivity index (χ3n) is 6.78. The van der Waals surface area contributed by atoms with Gasteiger partial charge in [0.15, 0.2) is 5.82 Å². The summed E-state index contributed by atoms with van der Waals surface area (Å²) in [5.41, 5.74) is 0.951. The predicted molar refractivity (Wildman–Crippen MR) is 143 cm³/mol. The van der Waals surface area contributed by atoms with E-state index in [9.17, 15) is 13.6 Å². The van der Waals surface area contributed by atoms with Crippen molar-refractivity contribution in [1.29, 1.82) is 0 Å². The summed E-state index contributed by atoms with van der Waals surface area (Å²) in [6, 6.07) is 7.97. The zero-order valence-electron chi connectivity index (χ0n) is 22.4. The van der Waals surface area contributed by atoms with Gasteiger partial charge in [-0.3, -0.25) is 9.36 Å². The lowest BCUT2D eigenvalue weighted by Crippen LogP contribution is -2.52. The molecule has 0 aliphatic carbocycles. The number of para-hydroxylation sites is 2. The van der Waals surface area contributed by atoms with Crippen LogP contribution in [0.1, 0.15) is 19.2 Å². The van der Waals surface area contributed by atoms with E-state index in [1.54, 1.807) is 42.2 Å². The van der Waals surface area contributed by atoms with Crippen LogP contribution in [-0.2, 0) is 14.3 Å². The topological polar surface area (TPSA) is 101 Å². The Morgan fingerprint density at radius 2 is 1.85 bits per heavy atom. The molecule has 39 heavy (non-hydrogen) atoms. The lowest BCUT2D eigenvalue weighted by molar-refractivity contribution is -0.139. The van der Waals surface area contributed by atoms with E-state index >= 15 is 0 Å². The maximum atomic E-state index is 14.1. The van der Waals surface area contributed by atoms with Crippen molar-refractivity contribution in [3.63, 3.8) is 0 Å². The van der Waals surface area contributed by atoms with Crippen LogP contribution < -0.4 is 10.2 Å². The Kier molecular flexibility index (Phi) is 8.19. The van der Waals surface area contributed by atoms with E-state index in [2.05, 4.69) is 20.3 Å². The van der Waals surface area contributed by atoms with Gasteiger partial charge in [0.2, 0.25) is 11.9 Å². The molecule has 13 heteroatoms. The molecule has 0 radical (unpaired) electrons. The zero-order chi connectivity index (χ0) is 27.5. The molecular weight excluding hydrogens is 510 g/mol. The number of aromatic nitrogens is 4. The molecule has 1 unspecified atom stereocenters. The van der Waals surface area contributed by atoms with Crippen LogP contribution >= 0.6 is 0 Å². The van der Waals surface area contributed by atoms with Crippen molar-refractivity contribution in [2.45, 2.75) is 25.5 Å². The second-order valence-electron chi connectivity index (χ2n) is 10.0. The highest BCUT2D eigenvalue weighted by atomic mass is 19.3. The Bertz CT molecular complexity index is 1300. The average molecular weight is 545 g/mol. The number of carbonyl (C=O) groups is 1. The van der Waals surface area contributed by atoms with Crippen LogP contribution in [0.15, 0.2) is 30.3 Å². The molecular formula is C26H34F2N8O3. The van der Waals surface area contributed by atoms with Crippen molar-refractivity contribution in [2.24, 2.45) is 0 Å². The standard InChI is InChI=1S/C26H34F2N8O3/c1-17(25(37)35-10-13-39-18(16-35)15-33(2)3)29-26-31-21(34-8-11-38-12-9-34)14-22(32-26)36-20-7-5-4-6-19(20)30-24(36)23(27)28/h4-7,14,17-18,23H,8-13,15-16H2,1-3H3,(H,29,31,32)/t17-,18?/m0/s1. The fourth-order valence-electron chi connectivity index (χ4n) is 4.95. The van der Waals surface area contributed by atoms with Gasteiger partial charge in [-0.05, 0) is 33.2 Å². The first-order valence-electron chi connectivity index (χ1n) is 13.1. The number of carbonyl (C=O) groups excluding carboxylic acids is 1. The minimum absolute atomic E-state index is 0.0697. The first-order chi connectivity index (χ1) is 18.8. The number of anilines is 2. The van der Waals surface area contributed by atoms with Crippen LogP contribution in [-0.4, -0.2) is 114 Å². The molecule has 2 aliphatic rings. The molecule has 2 aliphatic heterocycles. The van der Waals surface area contributed by atoms with E-state index in [1.807, 2.05) is 23.9 Å². The van der Waals surface area contributed by atoms with Crippen molar-refractivity contribution in [2.75, 3.05) is 76.9 Å². The number of rotatable bonds is 8. The Hall–Kier alpha value is -3.42. The Morgan fingerprint density at radius 3 is 2.59 bits per heavy atom. The van der Waals surface area contributed by atoms with Gasteiger partial charge in [-0.15, -0.1) is 0 Å². The molecule has 4 heterocycles. The minimum Gasteiger partial charge on any atom is -0.378 e. The fourth-order valence-corrected chi connectivity index (χ4v) is 4.95. The summed E-state index contributed by atoms with van der Waals surface area (Å²) in [5, 5.41) is 3.13. The first kappa shape index (κ1) is 27.2. The van der Waals surface area contributed by atoms with Gasteiger partial charge in [0, 0.05) is 38.8 Å². The van der Waals surface area contributed by atoms with Gasteiger partial charge in [0.1, 0.15) is 17.7 Å². The highest BCUT2D eigenvalue weighted by Crippen LogP contribution is 2.29. The van der Waals surface area contributed by atoms with Gasteiger partial charge in [0.25, 0.3) is 6.43 Å². The average Bonchev–Trinajstić information content (AvgIpc) is 3.33. The SMILES string of the molecule is C[C@H](Nc1nc(N2CCOCC2)cc(-n2c(C(F)F)nc3ccccc32)n1)C(=O)N1CCOC(CN(C)C)C1. The normalized spacial score (nSPS) is 19.2. The number of imidazole rings is 1. The smallest absolute Gasteiger partial charge is 0.296 e. The van der Waals surface area contributed by atoms with Crippen LogP contribution in [0.2, 0.25) is 0 Å². The number of benzene rings is 1. The lowest BCUT2D eigenvalue weighted by atomic mass is 10.2. The lowest BCUT2D eigenvalue weighted by Gasteiger charge is -2.35. The van der Waals surface area contributed by atoms with Crippen LogP contribution in [0.5, 0.6) is 0 Å². The fraction of sp³-hybridized carbons (Fsp3) is 0.538. The molecule has 3 aromatic rings. The van der Waals surface area contributed by atoms with Gasteiger partial charge < -0.3 is 29.5 Å². The van der Waals surface area contributed by atoms with Crippen LogP contribution in [0.3, 0.4) is 0 Å². The van der Waals surface area contributed by atoms with Crippen LogP contribution in [0.25, 0.3) is 16.9 Å². The highest BCUT2D eigenvalue weighted by molar-refractivity contribution is 5.84. The Balaban J connectivity index is 1.47. The molecule has 2 saturated heterocycles. The Morgan fingerprint density at radius 1 is 1.10 bits per heavy atom. The van der Waals surface area contributed by atoms with Gasteiger partial charge in [-0.2, -0.15) is 9.97 Å². The number of alkyl halides is 2. The number of morpholine rings is 2. The molecule has 1 amide bonds. The van der Waals surface area contributed by atoms with E-state index in [4.69, 9.17) is 9.47 Å². The molecule has 2 fully saturated rings. The summed E-state index contributed by atoms with van der Waals surface area (Å²) in [6.45, 7) is 6.15. The predicted octanol–water partition coefficient (Wildman–Crippen LogP) is 2.18. The quantitative estimate of drug-likeness (QED) is 0.457. The minimum atomic E-state index is -2.81. The number of likely N-dealkylation sites (N-methyl/N-ethyl adjacent to an activating group) is 1. The van der Waals surface area contributed by atoms with Crippen molar-refractivity contribution in [1.82, 2.24) is 29.3 Å². The Labute approximate surface area is 225 Å². The van der Waals surface area contributed by atoms with Crippen molar-refractivity contribution >= 4 is 28.7 Å². The van der Waals surface area contributed by atoms with Crippen molar-refractivity contribution < 1.29 is 23.0 Å². The van der Waals surface area contributed by atoms with Gasteiger partial charge in [-0.25, -0.2) is 13.8 Å². The zero-order valence-corrected chi connectivity index (χ0v) is 22.4. The number of halogens is 2. The highest BCUT2D eigenvalue weighted by Gasteiger charge is 2.29. The molecule has 2 atom stereocenters. The molecule has 5 rings (SSSR count). The third kappa shape index (κ3) is 6.10. The second-order valence-corrected chi connectivity index (χ2v) is 10.0. The molecule has 11 nitrogen and oxygen atoms in total. The van der Waals surface area contributed by atoms with Crippen LogP contribution in [0.4, 0.5) is 20.5 Å². The number of hydrogen-bond acceptors (Lipinski definition) is 9.